The average Bonchev–Trinajstić information content (AvgIpc) is 2.62. The molecule has 2 heterocycles. The van der Waals surface area contributed by atoms with Crippen LogP contribution in [-0.2, 0) is 4.74 Å². The van der Waals surface area contributed by atoms with Crippen LogP contribution in [0.15, 0.2) is 36.7 Å². The fraction of sp³-hybridized carbons (Fsp3) is 0.421. The molecule has 25 heavy (non-hydrogen) atoms. The van der Waals surface area contributed by atoms with E-state index in [0.717, 1.165) is 17.5 Å². The summed E-state index contributed by atoms with van der Waals surface area (Å²) in [4.78, 5) is 22.9. The minimum Gasteiger partial charge on any atom is -0.377 e. The van der Waals surface area contributed by atoms with E-state index in [1.807, 2.05) is 29.2 Å². The fourth-order valence-corrected chi connectivity index (χ4v) is 3.12. The molecule has 0 bridgehead atoms. The van der Waals surface area contributed by atoms with Gasteiger partial charge >= 0.3 is 0 Å². The number of amides is 1. The second-order valence-electron chi connectivity index (χ2n) is 6.76. The Morgan fingerprint density at radius 3 is 2.56 bits per heavy atom. The van der Waals surface area contributed by atoms with Crippen molar-refractivity contribution in [1.82, 2.24) is 14.9 Å². The Morgan fingerprint density at radius 1 is 1.24 bits per heavy atom. The number of hydrogen-bond donors (Lipinski definition) is 1. The minimum absolute atomic E-state index is 0.0639. The van der Waals surface area contributed by atoms with Gasteiger partial charge in [0.05, 0.1) is 19.3 Å². The molecule has 132 valence electrons. The van der Waals surface area contributed by atoms with Crippen molar-refractivity contribution < 1.29 is 9.53 Å². The molecule has 1 aliphatic heterocycles. The van der Waals surface area contributed by atoms with E-state index in [2.05, 4.69) is 23.8 Å². The summed E-state index contributed by atoms with van der Waals surface area (Å²) in [6.45, 7) is 6.19. The van der Waals surface area contributed by atoms with Gasteiger partial charge in [-0.15, -0.1) is 0 Å². The van der Waals surface area contributed by atoms with Crippen LogP contribution in [0.5, 0.6) is 0 Å². The normalized spacial score (nSPS) is 17.7. The molecule has 1 aromatic carbocycles. The highest BCUT2D eigenvalue weighted by Gasteiger charge is 2.28. The quantitative estimate of drug-likeness (QED) is 0.925. The van der Waals surface area contributed by atoms with Gasteiger partial charge < -0.3 is 15.4 Å². The Kier molecular flexibility index (Phi) is 5.28. The third-order valence-corrected chi connectivity index (χ3v) is 4.37. The van der Waals surface area contributed by atoms with Crippen LogP contribution in [-0.4, -0.2) is 46.6 Å². The maximum Gasteiger partial charge on any atom is 0.254 e. The number of rotatable bonds is 4. The van der Waals surface area contributed by atoms with Gasteiger partial charge in [0.15, 0.2) is 0 Å². The lowest BCUT2D eigenvalue weighted by atomic mass is 10.0. The van der Waals surface area contributed by atoms with E-state index in [0.29, 0.717) is 31.2 Å². The lowest BCUT2D eigenvalue weighted by molar-refractivity contribution is -0.00746. The summed E-state index contributed by atoms with van der Waals surface area (Å²) in [5, 5.41) is 0. The summed E-state index contributed by atoms with van der Waals surface area (Å²) in [6, 6.07) is 7.69. The highest BCUT2D eigenvalue weighted by atomic mass is 16.5. The van der Waals surface area contributed by atoms with Crippen molar-refractivity contribution in [2.24, 2.45) is 5.92 Å². The molecule has 0 spiro atoms. The smallest absolute Gasteiger partial charge is 0.254 e. The molecule has 0 radical (unpaired) electrons. The molecule has 1 aliphatic rings. The Bertz CT molecular complexity index is 713. The highest BCUT2D eigenvalue weighted by molar-refractivity contribution is 5.95. The van der Waals surface area contributed by atoms with Gasteiger partial charge in [-0.25, -0.2) is 9.97 Å². The molecule has 0 saturated carbocycles. The molecule has 1 fully saturated rings. The van der Waals surface area contributed by atoms with E-state index in [4.69, 9.17) is 10.5 Å². The molecular formula is C19H24N4O2. The van der Waals surface area contributed by atoms with Gasteiger partial charge in [0.2, 0.25) is 5.95 Å². The van der Waals surface area contributed by atoms with E-state index < -0.39 is 0 Å². The van der Waals surface area contributed by atoms with Gasteiger partial charge in [-0.1, -0.05) is 26.0 Å². The molecule has 3 rings (SSSR count). The van der Waals surface area contributed by atoms with Gasteiger partial charge in [0, 0.05) is 30.1 Å². The molecule has 6 nitrogen and oxygen atoms in total. The average molecular weight is 340 g/mol. The Hall–Kier alpha value is -2.47. The molecule has 2 aromatic rings. The molecular weight excluding hydrogens is 316 g/mol. The van der Waals surface area contributed by atoms with Gasteiger partial charge in [-0.3, -0.25) is 4.79 Å². The summed E-state index contributed by atoms with van der Waals surface area (Å²) in [5.41, 5.74) is 8.03. The molecule has 0 aliphatic carbocycles. The number of aromatic nitrogens is 2. The lowest BCUT2D eigenvalue weighted by Gasteiger charge is -2.36. The standard InChI is InChI=1S/C19H24N4O2/c1-13(2)9-17-12-25-8-7-23(17)18(24)15-5-3-14(4-6-15)16-10-21-19(20)22-11-16/h3-6,10-11,13,17H,7-9,12H2,1-2H3,(H2,20,21,22)/t17-/m1/s1. The second-order valence-corrected chi connectivity index (χ2v) is 6.76. The van der Waals surface area contributed by atoms with Crippen molar-refractivity contribution in [3.8, 4) is 11.1 Å². The SMILES string of the molecule is CC(C)C[C@@H]1COCCN1C(=O)c1ccc(-c2cnc(N)nc2)cc1. The predicted octanol–water partition coefficient (Wildman–Crippen LogP) is 2.61. The van der Waals surface area contributed by atoms with Gasteiger partial charge in [-0.2, -0.15) is 0 Å². The molecule has 1 aromatic heterocycles. The Morgan fingerprint density at radius 2 is 1.92 bits per heavy atom. The number of nitrogens with two attached hydrogens (primary N) is 1. The zero-order valence-electron chi connectivity index (χ0n) is 14.7. The first-order valence-electron chi connectivity index (χ1n) is 8.61. The molecule has 0 unspecified atom stereocenters. The fourth-order valence-electron chi connectivity index (χ4n) is 3.12. The minimum atomic E-state index is 0.0639. The Labute approximate surface area is 148 Å². The largest absolute Gasteiger partial charge is 0.377 e. The highest BCUT2D eigenvalue weighted by Crippen LogP contribution is 2.22. The third kappa shape index (κ3) is 4.14. The van der Waals surface area contributed by atoms with Crippen LogP contribution in [0.25, 0.3) is 11.1 Å². The van der Waals surface area contributed by atoms with Crippen LogP contribution in [0.4, 0.5) is 5.95 Å². The first-order chi connectivity index (χ1) is 12.0. The van der Waals surface area contributed by atoms with Gasteiger partial charge in [-0.05, 0) is 30.0 Å². The number of nitrogens with zero attached hydrogens (tertiary/aromatic N) is 3. The van der Waals surface area contributed by atoms with E-state index in [1.165, 1.54) is 0 Å². The van der Waals surface area contributed by atoms with Crippen LogP contribution < -0.4 is 5.73 Å². The lowest BCUT2D eigenvalue weighted by Crippen LogP contribution is -2.49. The van der Waals surface area contributed by atoms with Crippen molar-refractivity contribution in [2.45, 2.75) is 26.3 Å². The molecule has 2 N–H and O–H groups in total. The van der Waals surface area contributed by atoms with Crippen LogP contribution in [0, 0.1) is 5.92 Å². The van der Waals surface area contributed by atoms with E-state index in [-0.39, 0.29) is 17.9 Å². The molecule has 1 atom stereocenters. The summed E-state index contributed by atoms with van der Waals surface area (Å²) in [7, 11) is 0. The number of ether oxygens (including phenoxy) is 1. The number of benzene rings is 1. The van der Waals surface area contributed by atoms with Crippen molar-refractivity contribution in [2.75, 3.05) is 25.5 Å². The van der Waals surface area contributed by atoms with Gasteiger partial charge in [0.25, 0.3) is 5.91 Å². The van der Waals surface area contributed by atoms with Crippen molar-refractivity contribution in [3.05, 3.63) is 42.2 Å². The maximum absolute atomic E-state index is 12.9. The van der Waals surface area contributed by atoms with E-state index in [1.54, 1.807) is 12.4 Å². The van der Waals surface area contributed by atoms with E-state index >= 15 is 0 Å². The summed E-state index contributed by atoms with van der Waals surface area (Å²) < 4.78 is 5.57. The number of morpholine rings is 1. The van der Waals surface area contributed by atoms with Crippen molar-refractivity contribution in [3.63, 3.8) is 0 Å². The van der Waals surface area contributed by atoms with Crippen LogP contribution in [0.3, 0.4) is 0 Å². The molecule has 1 saturated heterocycles. The van der Waals surface area contributed by atoms with Crippen molar-refractivity contribution in [1.29, 1.82) is 0 Å². The van der Waals surface area contributed by atoms with Crippen LogP contribution in [0.1, 0.15) is 30.6 Å². The van der Waals surface area contributed by atoms with Crippen LogP contribution >= 0.6 is 0 Å². The zero-order valence-corrected chi connectivity index (χ0v) is 14.7. The van der Waals surface area contributed by atoms with E-state index in [9.17, 15) is 4.79 Å². The van der Waals surface area contributed by atoms with Crippen LogP contribution in [0.2, 0.25) is 0 Å². The first kappa shape index (κ1) is 17.4. The number of nitrogen functional groups attached to an aromatic ring is 1. The third-order valence-electron chi connectivity index (χ3n) is 4.37. The molecule has 1 amide bonds. The zero-order chi connectivity index (χ0) is 17.8. The second kappa shape index (κ2) is 7.61. The monoisotopic (exact) mass is 340 g/mol. The van der Waals surface area contributed by atoms with Gasteiger partial charge in [0.1, 0.15) is 0 Å². The number of carbonyl (C=O) groups is 1. The first-order valence-corrected chi connectivity index (χ1v) is 8.61. The number of carbonyl (C=O) groups excluding carboxylic acids is 1. The summed E-state index contributed by atoms with van der Waals surface area (Å²) in [6.07, 6.45) is 4.31. The molecule has 6 heteroatoms. The maximum atomic E-state index is 12.9. The Balaban J connectivity index is 1.76. The number of hydrogen-bond acceptors (Lipinski definition) is 5. The summed E-state index contributed by atoms with van der Waals surface area (Å²) >= 11 is 0. The topological polar surface area (TPSA) is 81.3 Å². The number of anilines is 1. The van der Waals surface area contributed by atoms with Crippen molar-refractivity contribution >= 4 is 11.9 Å². The summed E-state index contributed by atoms with van der Waals surface area (Å²) in [5.74, 6) is 0.836. The predicted molar refractivity (Wildman–Crippen MR) is 97.0 cm³/mol.